The van der Waals surface area contributed by atoms with Crippen molar-refractivity contribution in [2.45, 2.75) is 13.3 Å². The van der Waals surface area contributed by atoms with E-state index in [4.69, 9.17) is 9.47 Å². The molecular weight excluding hydrogens is 334 g/mol. The van der Waals surface area contributed by atoms with Crippen LogP contribution in [-0.4, -0.2) is 81.7 Å². The van der Waals surface area contributed by atoms with Gasteiger partial charge in [0.15, 0.2) is 0 Å². The topological polar surface area (TPSA) is 62.3 Å². The van der Waals surface area contributed by atoms with Crippen molar-refractivity contribution in [3.8, 4) is 5.75 Å². The lowest BCUT2D eigenvalue weighted by molar-refractivity contribution is -0.139. The quantitative estimate of drug-likeness (QED) is 0.650. The molecule has 1 saturated heterocycles. The lowest BCUT2D eigenvalue weighted by atomic mass is 10.2. The first kappa shape index (κ1) is 20.0. The molecule has 2 amide bonds. The molecule has 1 aliphatic rings. The van der Waals surface area contributed by atoms with Crippen LogP contribution in [0, 0.1) is 0 Å². The molecule has 1 aromatic rings. The zero-order chi connectivity index (χ0) is 18.9. The monoisotopic (exact) mass is 363 g/mol. The van der Waals surface area contributed by atoms with E-state index in [0.717, 1.165) is 30.9 Å². The Morgan fingerprint density at radius 1 is 1.08 bits per heavy atom. The van der Waals surface area contributed by atoms with Gasteiger partial charge in [-0.15, -0.1) is 0 Å². The summed E-state index contributed by atoms with van der Waals surface area (Å²) in [5.74, 6) is 0.763. The van der Waals surface area contributed by atoms with Crippen LogP contribution in [0.15, 0.2) is 24.3 Å². The van der Waals surface area contributed by atoms with Crippen LogP contribution in [0.25, 0.3) is 0 Å². The number of nitrogens with zero attached hydrogens (tertiary/aromatic N) is 3. The highest BCUT2D eigenvalue weighted by atomic mass is 16.5. The normalized spacial score (nSPS) is 14.3. The molecule has 0 saturated carbocycles. The third-order valence-electron chi connectivity index (χ3n) is 4.62. The molecule has 0 radical (unpaired) electrons. The SMILES string of the molecule is COCCCN(CC(=O)N1CCN(c2ccc(OC)cc2)CC1)C(C)=O. The van der Waals surface area contributed by atoms with E-state index in [1.807, 2.05) is 29.2 Å². The van der Waals surface area contributed by atoms with E-state index in [1.54, 1.807) is 19.1 Å². The molecule has 0 N–H and O–H groups in total. The second-order valence-corrected chi connectivity index (χ2v) is 6.35. The Morgan fingerprint density at radius 3 is 2.27 bits per heavy atom. The number of carbonyl (C=O) groups is 2. The fourth-order valence-corrected chi connectivity index (χ4v) is 3.02. The molecule has 7 heteroatoms. The standard InChI is InChI=1S/C19H29N3O4/c1-16(23)22(9-4-14-25-2)15-19(24)21-12-10-20(11-13-21)17-5-7-18(26-3)8-6-17/h5-8H,4,9-15H2,1-3H3. The molecule has 0 aliphatic carbocycles. The van der Waals surface area contributed by atoms with Crippen molar-refractivity contribution in [2.24, 2.45) is 0 Å². The van der Waals surface area contributed by atoms with Crippen LogP contribution in [0.2, 0.25) is 0 Å². The molecule has 1 aliphatic heterocycles. The van der Waals surface area contributed by atoms with Gasteiger partial charge in [0.05, 0.1) is 13.7 Å². The minimum absolute atomic E-state index is 0.00648. The van der Waals surface area contributed by atoms with Gasteiger partial charge < -0.3 is 24.2 Å². The van der Waals surface area contributed by atoms with Crippen molar-refractivity contribution in [1.82, 2.24) is 9.80 Å². The van der Waals surface area contributed by atoms with Crippen molar-refractivity contribution in [1.29, 1.82) is 0 Å². The summed E-state index contributed by atoms with van der Waals surface area (Å²) in [5, 5.41) is 0. The highest BCUT2D eigenvalue weighted by molar-refractivity contribution is 5.84. The van der Waals surface area contributed by atoms with Crippen LogP contribution >= 0.6 is 0 Å². The molecule has 0 unspecified atom stereocenters. The summed E-state index contributed by atoms with van der Waals surface area (Å²) < 4.78 is 10.2. The fourth-order valence-electron chi connectivity index (χ4n) is 3.02. The largest absolute Gasteiger partial charge is 0.497 e. The van der Waals surface area contributed by atoms with Gasteiger partial charge in [0.25, 0.3) is 0 Å². The molecule has 0 spiro atoms. The van der Waals surface area contributed by atoms with Gasteiger partial charge in [0.2, 0.25) is 11.8 Å². The van der Waals surface area contributed by atoms with Gasteiger partial charge in [0, 0.05) is 59.1 Å². The van der Waals surface area contributed by atoms with Gasteiger partial charge in [-0.3, -0.25) is 9.59 Å². The van der Waals surface area contributed by atoms with Crippen LogP contribution in [0.1, 0.15) is 13.3 Å². The third-order valence-corrected chi connectivity index (χ3v) is 4.62. The Bertz CT molecular complexity index is 583. The van der Waals surface area contributed by atoms with Crippen molar-refractivity contribution < 1.29 is 19.1 Å². The smallest absolute Gasteiger partial charge is 0.242 e. The van der Waals surface area contributed by atoms with Crippen molar-refractivity contribution >= 4 is 17.5 Å². The molecule has 1 heterocycles. The van der Waals surface area contributed by atoms with E-state index in [1.165, 1.54) is 6.92 Å². The Morgan fingerprint density at radius 2 is 1.73 bits per heavy atom. The molecule has 7 nitrogen and oxygen atoms in total. The van der Waals surface area contributed by atoms with Crippen LogP contribution in [0.5, 0.6) is 5.75 Å². The number of anilines is 1. The predicted octanol–water partition coefficient (Wildman–Crippen LogP) is 1.23. The molecule has 0 bridgehead atoms. The first-order valence-electron chi connectivity index (χ1n) is 8.96. The van der Waals surface area contributed by atoms with Crippen molar-refractivity contribution in [2.75, 3.05) is 65.0 Å². The Kier molecular flexibility index (Phi) is 7.72. The Hall–Kier alpha value is -2.28. The van der Waals surface area contributed by atoms with Crippen molar-refractivity contribution in [3.05, 3.63) is 24.3 Å². The molecule has 2 rings (SSSR count). The van der Waals surface area contributed by atoms with Gasteiger partial charge in [-0.2, -0.15) is 0 Å². The third kappa shape index (κ3) is 5.62. The van der Waals surface area contributed by atoms with Gasteiger partial charge in [-0.1, -0.05) is 0 Å². The van der Waals surface area contributed by atoms with Gasteiger partial charge in [0.1, 0.15) is 5.75 Å². The maximum atomic E-state index is 12.5. The number of ether oxygens (including phenoxy) is 2. The van der Waals surface area contributed by atoms with Crippen LogP contribution in [0.3, 0.4) is 0 Å². The summed E-state index contributed by atoms with van der Waals surface area (Å²) in [6.45, 7) is 5.65. The molecule has 1 fully saturated rings. The minimum Gasteiger partial charge on any atom is -0.497 e. The number of benzene rings is 1. The maximum absolute atomic E-state index is 12.5. The van der Waals surface area contributed by atoms with Crippen LogP contribution in [-0.2, 0) is 14.3 Å². The van der Waals surface area contributed by atoms with Crippen molar-refractivity contribution in [3.63, 3.8) is 0 Å². The molecule has 26 heavy (non-hydrogen) atoms. The zero-order valence-electron chi connectivity index (χ0n) is 15.9. The van der Waals surface area contributed by atoms with E-state index < -0.39 is 0 Å². The highest BCUT2D eigenvalue weighted by Gasteiger charge is 2.23. The first-order valence-corrected chi connectivity index (χ1v) is 8.96. The molecule has 0 aromatic heterocycles. The summed E-state index contributed by atoms with van der Waals surface area (Å²) in [4.78, 5) is 30.0. The van der Waals surface area contributed by atoms with E-state index in [9.17, 15) is 9.59 Å². The first-order chi connectivity index (χ1) is 12.5. The average Bonchev–Trinajstić information content (AvgIpc) is 2.67. The summed E-state index contributed by atoms with van der Waals surface area (Å²) in [6, 6.07) is 7.95. The number of piperazine rings is 1. The summed E-state index contributed by atoms with van der Waals surface area (Å²) >= 11 is 0. The lowest BCUT2D eigenvalue weighted by Gasteiger charge is -2.37. The number of carbonyl (C=O) groups excluding carboxylic acids is 2. The fraction of sp³-hybridized carbons (Fsp3) is 0.579. The van der Waals surface area contributed by atoms with E-state index in [0.29, 0.717) is 26.2 Å². The number of rotatable bonds is 8. The van der Waals surface area contributed by atoms with Crippen LogP contribution < -0.4 is 9.64 Å². The Balaban J connectivity index is 1.83. The molecular formula is C19H29N3O4. The van der Waals surface area contributed by atoms with E-state index in [2.05, 4.69) is 4.90 Å². The number of hydrogen-bond donors (Lipinski definition) is 0. The maximum Gasteiger partial charge on any atom is 0.242 e. The number of hydrogen-bond acceptors (Lipinski definition) is 5. The molecule has 0 atom stereocenters. The Labute approximate surface area is 155 Å². The average molecular weight is 363 g/mol. The van der Waals surface area contributed by atoms with Gasteiger partial charge in [-0.05, 0) is 30.7 Å². The number of methoxy groups -OCH3 is 2. The molecule has 144 valence electrons. The minimum atomic E-state index is -0.0775. The summed E-state index contributed by atoms with van der Waals surface area (Å²) in [6.07, 6.45) is 0.731. The zero-order valence-corrected chi connectivity index (χ0v) is 15.9. The summed E-state index contributed by atoms with van der Waals surface area (Å²) in [7, 11) is 3.28. The van der Waals surface area contributed by atoms with E-state index in [-0.39, 0.29) is 18.4 Å². The molecule has 1 aromatic carbocycles. The summed E-state index contributed by atoms with van der Waals surface area (Å²) in [5.41, 5.74) is 1.13. The highest BCUT2D eigenvalue weighted by Crippen LogP contribution is 2.20. The van der Waals surface area contributed by atoms with Gasteiger partial charge >= 0.3 is 0 Å². The lowest BCUT2D eigenvalue weighted by Crippen LogP contribution is -2.51. The van der Waals surface area contributed by atoms with Crippen LogP contribution in [0.4, 0.5) is 5.69 Å². The van der Waals surface area contributed by atoms with Gasteiger partial charge in [-0.25, -0.2) is 0 Å². The predicted molar refractivity (Wildman–Crippen MR) is 101 cm³/mol. The number of amides is 2. The second kappa shape index (κ2) is 10.0. The van der Waals surface area contributed by atoms with E-state index >= 15 is 0 Å². The second-order valence-electron chi connectivity index (χ2n) is 6.35.